The van der Waals surface area contributed by atoms with Gasteiger partial charge in [-0.1, -0.05) is 41.9 Å². The van der Waals surface area contributed by atoms with Gasteiger partial charge in [-0.2, -0.15) is 0 Å². The van der Waals surface area contributed by atoms with Crippen LogP contribution >= 0.6 is 11.6 Å². The van der Waals surface area contributed by atoms with E-state index in [4.69, 9.17) is 16.3 Å². The van der Waals surface area contributed by atoms with Crippen molar-refractivity contribution in [3.8, 4) is 11.4 Å². The molecule has 30 heavy (non-hydrogen) atoms. The Bertz CT molecular complexity index is 1300. The molecule has 0 bridgehead atoms. The first-order valence-electron chi connectivity index (χ1n) is 9.32. The third kappa shape index (κ3) is 3.44. The minimum atomic E-state index is -0.262. The quantitative estimate of drug-likeness (QED) is 0.472. The minimum Gasteiger partial charge on any atom is -0.497 e. The maximum absolute atomic E-state index is 13.4. The van der Waals surface area contributed by atoms with Gasteiger partial charge in [0.2, 0.25) is 0 Å². The summed E-state index contributed by atoms with van der Waals surface area (Å²) in [6.45, 7) is 0. The van der Waals surface area contributed by atoms with E-state index in [1.54, 1.807) is 75.0 Å². The van der Waals surface area contributed by atoms with Crippen LogP contribution in [0.25, 0.3) is 16.5 Å². The average Bonchev–Trinajstić information content (AvgIpc) is 2.79. The van der Waals surface area contributed by atoms with Gasteiger partial charge in [-0.05, 0) is 42.5 Å². The Morgan fingerprint density at radius 1 is 0.933 bits per heavy atom. The lowest BCUT2D eigenvalue weighted by Gasteiger charge is -2.20. The predicted octanol–water partition coefficient (Wildman–Crippen LogP) is 4.93. The zero-order chi connectivity index (χ0) is 21.3. The molecule has 0 saturated carbocycles. The summed E-state index contributed by atoms with van der Waals surface area (Å²) in [7, 11) is 3.25. The summed E-state index contributed by atoms with van der Waals surface area (Å²) in [5.74, 6) is 0.420. The van der Waals surface area contributed by atoms with Gasteiger partial charge in [0.25, 0.3) is 11.5 Å². The molecule has 6 heteroatoms. The Morgan fingerprint density at radius 2 is 1.57 bits per heavy atom. The van der Waals surface area contributed by atoms with Crippen molar-refractivity contribution in [2.24, 2.45) is 0 Å². The summed E-state index contributed by atoms with van der Waals surface area (Å²) in [5, 5.41) is 1.53. The molecule has 0 unspecified atom stereocenters. The summed E-state index contributed by atoms with van der Waals surface area (Å²) >= 11 is 6.29. The number of nitrogens with zero attached hydrogens (tertiary/aromatic N) is 2. The number of carbonyl (C=O) groups excluding carboxylic acids is 1. The second kappa shape index (κ2) is 8.05. The lowest BCUT2D eigenvalue weighted by Crippen LogP contribution is -2.29. The average molecular weight is 419 g/mol. The number of ether oxygens (including phenoxy) is 1. The van der Waals surface area contributed by atoms with Crippen molar-refractivity contribution in [3.05, 3.63) is 99.9 Å². The molecule has 1 amide bonds. The number of halogens is 1. The van der Waals surface area contributed by atoms with Crippen molar-refractivity contribution in [2.45, 2.75) is 0 Å². The van der Waals surface area contributed by atoms with Gasteiger partial charge in [0.05, 0.1) is 23.4 Å². The third-order valence-electron chi connectivity index (χ3n) is 5.02. The first kappa shape index (κ1) is 19.7. The first-order chi connectivity index (χ1) is 14.5. The zero-order valence-corrected chi connectivity index (χ0v) is 17.3. The van der Waals surface area contributed by atoms with Gasteiger partial charge < -0.3 is 9.64 Å². The Labute approximate surface area is 178 Å². The summed E-state index contributed by atoms with van der Waals surface area (Å²) < 4.78 is 6.68. The van der Waals surface area contributed by atoms with E-state index >= 15 is 0 Å². The molecule has 4 aromatic rings. The fraction of sp³-hybridized carbons (Fsp3) is 0.0833. The molecule has 0 saturated heterocycles. The number of amides is 1. The van der Waals surface area contributed by atoms with E-state index in [0.29, 0.717) is 38.5 Å². The molecule has 0 fully saturated rings. The molecule has 0 atom stereocenters. The molecule has 1 aromatic heterocycles. The number of pyridine rings is 1. The fourth-order valence-corrected chi connectivity index (χ4v) is 3.67. The number of anilines is 1. The van der Waals surface area contributed by atoms with E-state index in [1.165, 1.54) is 9.47 Å². The summed E-state index contributed by atoms with van der Waals surface area (Å²) in [5.41, 5.74) is 1.44. The van der Waals surface area contributed by atoms with Crippen LogP contribution in [0.4, 0.5) is 5.69 Å². The molecule has 5 nitrogen and oxygen atoms in total. The topological polar surface area (TPSA) is 51.5 Å². The number of methoxy groups -OCH3 is 1. The second-order valence-electron chi connectivity index (χ2n) is 6.78. The number of hydrogen-bond donors (Lipinski definition) is 0. The van der Waals surface area contributed by atoms with E-state index in [2.05, 4.69) is 0 Å². The van der Waals surface area contributed by atoms with E-state index < -0.39 is 0 Å². The molecule has 4 rings (SSSR count). The van der Waals surface area contributed by atoms with E-state index in [9.17, 15) is 9.59 Å². The van der Waals surface area contributed by atoms with Crippen LogP contribution in [0.5, 0.6) is 5.75 Å². The monoisotopic (exact) mass is 418 g/mol. The van der Waals surface area contributed by atoms with Crippen molar-refractivity contribution in [3.63, 3.8) is 0 Å². The van der Waals surface area contributed by atoms with Gasteiger partial charge in [-0.3, -0.25) is 14.2 Å². The maximum Gasteiger partial charge on any atom is 0.262 e. The van der Waals surface area contributed by atoms with E-state index in [0.717, 1.165) is 0 Å². The van der Waals surface area contributed by atoms with Gasteiger partial charge in [-0.25, -0.2) is 0 Å². The van der Waals surface area contributed by atoms with Gasteiger partial charge >= 0.3 is 0 Å². The molecule has 0 aliphatic carbocycles. The van der Waals surface area contributed by atoms with Crippen LogP contribution in [-0.4, -0.2) is 24.6 Å². The van der Waals surface area contributed by atoms with Crippen LogP contribution in [0.15, 0.2) is 83.8 Å². The van der Waals surface area contributed by atoms with Crippen LogP contribution in [0, 0.1) is 0 Å². The lowest BCUT2D eigenvalue weighted by atomic mass is 10.1. The number of hydrogen-bond acceptors (Lipinski definition) is 3. The normalized spacial score (nSPS) is 10.8. The highest BCUT2D eigenvalue weighted by atomic mass is 35.5. The Hall–Kier alpha value is -3.57. The van der Waals surface area contributed by atoms with Gasteiger partial charge in [0.1, 0.15) is 5.75 Å². The number of para-hydroxylation sites is 1. The summed E-state index contributed by atoms with van der Waals surface area (Å²) in [4.78, 5) is 28.1. The molecule has 0 aliphatic rings. The molecule has 0 aliphatic heterocycles. The summed E-state index contributed by atoms with van der Waals surface area (Å²) in [6.07, 6.45) is 1.59. The third-order valence-corrected chi connectivity index (χ3v) is 5.34. The van der Waals surface area contributed by atoms with Gasteiger partial charge in [0.15, 0.2) is 0 Å². The highest BCUT2D eigenvalue weighted by molar-refractivity contribution is 6.34. The Morgan fingerprint density at radius 3 is 2.23 bits per heavy atom. The van der Waals surface area contributed by atoms with Crippen molar-refractivity contribution in [1.29, 1.82) is 0 Å². The smallest absolute Gasteiger partial charge is 0.262 e. The number of benzene rings is 3. The largest absolute Gasteiger partial charge is 0.497 e. The molecule has 1 heterocycles. The first-order valence-corrected chi connectivity index (χ1v) is 9.70. The van der Waals surface area contributed by atoms with Crippen molar-refractivity contribution in [2.75, 3.05) is 19.1 Å². The minimum absolute atomic E-state index is 0.201. The van der Waals surface area contributed by atoms with Crippen LogP contribution < -0.4 is 15.2 Å². The fourth-order valence-electron chi connectivity index (χ4n) is 3.41. The molecule has 3 aromatic carbocycles. The van der Waals surface area contributed by atoms with Gasteiger partial charge in [0, 0.05) is 29.7 Å². The highest BCUT2D eigenvalue weighted by Crippen LogP contribution is 2.27. The van der Waals surface area contributed by atoms with Crippen LogP contribution in [0.1, 0.15) is 10.4 Å². The van der Waals surface area contributed by atoms with Crippen LogP contribution in [-0.2, 0) is 0 Å². The second-order valence-corrected chi connectivity index (χ2v) is 7.18. The Kier molecular flexibility index (Phi) is 5.29. The number of fused-ring (bicyclic) bond motifs is 1. The molecule has 150 valence electrons. The SMILES string of the molecule is COc1ccc(-n2cc(C(=O)N(C)c3ccccc3Cl)c3ccccc3c2=O)cc1. The lowest BCUT2D eigenvalue weighted by molar-refractivity contribution is 0.0994. The number of carbonyl (C=O) groups is 1. The van der Waals surface area contributed by atoms with Crippen molar-refractivity contribution < 1.29 is 9.53 Å². The Balaban J connectivity index is 1.91. The van der Waals surface area contributed by atoms with E-state index in [-0.39, 0.29) is 11.5 Å². The zero-order valence-electron chi connectivity index (χ0n) is 16.5. The van der Waals surface area contributed by atoms with Crippen LogP contribution in [0.3, 0.4) is 0 Å². The van der Waals surface area contributed by atoms with E-state index in [1.807, 2.05) is 18.2 Å². The summed E-state index contributed by atoms with van der Waals surface area (Å²) in [6, 6.07) is 21.3. The molecule has 0 radical (unpaired) electrons. The van der Waals surface area contributed by atoms with Crippen LogP contribution in [0.2, 0.25) is 5.02 Å². The number of rotatable bonds is 4. The van der Waals surface area contributed by atoms with Crippen molar-refractivity contribution >= 4 is 34.0 Å². The standard InChI is InChI=1S/C24H19ClN2O3/c1-26(22-10-6-5-9-21(22)25)23(28)20-15-27(16-11-13-17(30-2)14-12-16)24(29)19-8-4-3-7-18(19)20/h3-15H,1-2H3. The number of aromatic nitrogens is 1. The predicted molar refractivity (Wildman–Crippen MR) is 120 cm³/mol. The molecular formula is C24H19ClN2O3. The highest BCUT2D eigenvalue weighted by Gasteiger charge is 2.21. The van der Waals surface area contributed by atoms with Crippen molar-refractivity contribution in [1.82, 2.24) is 4.57 Å². The molecular weight excluding hydrogens is 400 g/mol. The molecule has 0 N–H and O–H groups in total. The van der Waals surface area contributed by atoms with Gasteiger partial charge in [-0.15, -0.1) is 0 Å². The maximum atomic E-state index is 13.4. The molecule has 0 spiro atoms.